The fourth-order valence-electron chi connectivity index (χ4n) is 2.87. The monoisotopic (exact) mass is 403 g/mol. The Morgan fingerprint density at radius 3 is 2.54 bits per heavy atom. The zero-order valence-electron chi connectivity index (χ0n) is 16.7. The number of aryl methyl sites for hydroxylation is 2. The summed E-state index contributed by atoms with van der Waals surface area (Å²) in [6.45, 7) is 13.2. The van der Waals surface area contributed by atoms with Gasteiger partial charge in [0, 0.05) is 22.7 Å². The fourth-order valence-corrected chi connectivity index (χ4v) is 4.84. The molecule has 1 amide bonds. The Morgan fingerprint density at radius 2 is 2.00 bits per heavy atom. The van der Waals surface area contributed by atoms with Gasteiger partial charge in [-0.05, 0) is 50.0 Å². The lowest BCUT2D eigenvalue weighted by molar-refractivity contribution is -0.148. The van der Waals surface area contributed by atoms with Crippen molar-refractivity contribution >= 4 is 25.6 Å². The largest absolute Gasteiger partial charge is 0.415 e. The first kappa shape index (κ1) is 21.5. The molecule has 1 aliphatic rings. The van der Waals surface area contributed by atoms with E-state index in [1.54, 1.807) is 11.3 Å². The van der Waals surface area contributed by atoms with Gasteiger partial charge in [0.05, 0.1) is 12.6 Å². The second-order valence-corrected chi connectivity index (χ2v) is 14.9. The Labute approximate surface area is 160 Å². The molecule has 148 valence electrons. The van der Waals surface area contributed by atoms with Crippen molar-refractivity contribution in [1.82, 2.24) is 4.90 Å². The van der Waals surface area contributed by atoms with Crippen LogP contribution in [0, 0.1) is 6.92 Å². The number of halogens is 2. The molecule has 2 heterocycles. The third kappa shape index (κ3) is 4.92. The third-order valence-electron chi connectivity index (χ3n) is 5.57. The number of amides is 1. The van der Waals surface area contributed by atoms with E-state index in [1.165, 1.54) is 14.7 Å². The van der Waals surface area contributed by atoms with E-state index in [1.807, 2.05) is 6.92 Å². The highest BCUT2D eigenvalue weighted by Gasteiger charge is 2.53. The van der Waals surface area contributed by atoms with E-state index >= 15 is 0 Å². The number of hydrogen-bond donors (Lipinski definition) is 0. The normalized spacial score (nSPS) is 20.8. The van der Waals surface area contributed by atoms with Gasteiger partial charge in [-0.1, -0.05) is 20.8 Å². The van der Waals surface area contributed by atoms with E-state index < -0.39 is 32.6 Å². The molecule has 1 fully saturated rings. The van der Waals surface area contributed by atoms with Crippen LogP contribution in [0.5, 0.6) is 0 Å². The lowest BCUT2D eigenvalue weighted by Gasteiger charge is -2.37. The number of thiophene rings is 1. The summed E-state index contributed by atoms with van der Waals surface area (Å²) in [7, 11) is -2.03. The zero-order valence-corrected chi connectivity index (χ0v) is 18.5. The Kier molecular flexibility index (Phi) is 6.35. The van der Waals surface area contributed by atoms with Crippen LogP contribution in [0.3, 0.4) is 0 Å². The van der Waals surface area contributed by atoms with Gasteiger partial charge < -0.3 is 9.33 Å². The molecule has 0 aliphatic carbocycles. The molecule has 1 aliphatic heterocycles. The van der Waals surface area contributed by atoms with Crippen LogP contribution < -0.4 is 0 Å². The summed E-state index contributed by atoms with van der Waals surface area (Å²) in [6, 6.07) is 3.60. The Hall–Kier alpha value is -0.793. The van der Waals surface area contributed by atoms with Gasteiger partial charge in [0.1, 0.15) is 0 Å². The van der Waals surface area contributed by atoms with Gasteiger partial charge in [-0.15, -0.1) is 11.3 Å². The molecule has 0 bridgehead atoms. The van der Waals surface area contributed by atoms with Crippen LogP contribution in [0.4, 0.5) is 8.78 Å². The van der Waals surface area contributed by atoms with Crippen molar-refractivity contribution in [2.75, 3.05) is 13.2 Å². The summed E-state index contributed by atoms with van der Waals surface area (Å²) in [5.41, 5.74) is 0. The first-order chi connectivity index (χ1) is 11.8. The fraction of sp³-hybridized carbons (Fsp3) is 0.737. The number of carbonyl (C=O) groups is 1. The lowest BCUT2D eigenvalue weighted by Crippen LogP contribution is -2.45. The van der Waals surface area contributed by atoms with Crippen LogP contribution >= 0.6 is 11.3 Å². The Morgan fingerprint density at radius 1 is 1.35 bits per heavy atom. The molecule has 0 N–H and O–H groups in total. The van der Waals surface area contributed by atoms with Crippen molar-refractivity contribution in [2.24, 2.45) is 0 Å². The molecule has 0 saturated carbocycles. The number of rotatable bonds is 7. The summed E-state index contributed by atoms with van der Waals surface area (Å²) in [5.74, 6) is -4.30. The summed E-state index contributed by atoms with van der Waals surface area (Å²) < 4.78 is 34.2. The van der Waals surface area contributed by atoms with Gasteiger partial charge in [0.25, 0.3) is 5.91 Å². The highest BCUT2D eigenvalue weighted by molar-refractivity contribution is 7.11. The average Bonchev–Trinajstić information content (AvgIpc) is 3.00. The van der Waals surface area contributed by atoms with Gasteiger partial charge in [0.15, 0.2) is 8.32 Å². The van der Waals surface area contributed by atoms with Crippen LogP contribution in [-0.4, -0.2) is 44.2 Å². The number of nitrogens with zero attached hydrogens (tertiary/aromatic N) is 1. The predicted molar refractivity (Wildman–Crippen MR) is 106 cm³/mol. The van der Waals surface area contributed by atoms with E-state index in [2.05, 4.69) is 46.0 Å². The minimum absolute atomic E-state index is 0.0139. The van der Waals surface area contributed by atoms with Crippen molar-refractivity contribution in [3.05, 3.63) is 21.9 Å². The SMILES string of the molecule is Cc1ccc(CCCN2C(=O)C(F)(F)C[C@@H]2CO[Si](C)(C)C(C)(C)C)s1. The van der Waals surface area contributed by atoms with Crippen molar-refractivity contribution in [1.29, 1.82) is 0 Å². The van der Waals surface area contributed by atoms with E-state index in [9.17, 15) is 13.6 Å². The molecule has 1 saturated heterocycles. The van der Waals surface area contributed by atoms with Crippen molar-refractivity contribution < 1.29 is 18.0 Å². The molecular formula is C19H31F2NO2SSi. The maximum Gasteiger partial charge on any atom is 0.326 e. The highest BCUT2D eigenvalue weighted by Crippen LogP contribution is 2.39. The maximum absolute atomic E-state index is 14.0. The smallest absolute Gasteiger partial charge is 0.326 e. The minimum Gasteiger partial charge on any atom is -0.415 e. The molecule has 1 aromatic rings. The van der Waals surface area contributed by atoms with Gasteiger partial charge in [-0.2, -0.15) is 8.78 Å². The number of carbonyl (C=O) groups excluding carboxylic acids is 1. The Balaban J connectivity index is 1.98. The van der Waals surface area contributed by atoms with Crippen molar-refractivity contribution in [3.8, 4) is 0 Å². The summed E-state index contributed by atoms with van der Waals surface area (Å²) in [4.78, 5) is 16.0. The first-order valence-electron chi connectivity index (χ1n) is 9.22. The van der Waals surface area contributed by atoms with E-state index in [4.69, 9.17) is 4.43 Å². The van der Waals surface area contributed by atoms with Crippen LogP contribution in [-0.2, 0) is 15.6 Å². The summed E-state index contributed by atoms with van der Waals surface area (Å²) in [5, 5.41) is 0.0139. The standard InChI is InChI=1S/C19H31F2NO2SSi/c1-14-9-10-16(25-14)8-7-11-22-15(12-19(20,21)17(22)23)13-24-26(5,6)18(2,3)4/h9-10,15H,7-8,11-13H2,1-6H3/t15-/m1/s1. The van der Waals surface area contributed by atoms with E-state index in [0.29, 0.717) is 13.0 Å². The molecule has 1 atom stereocenters. The average molecular weight is 404 g/mol. The van der Waals surface area contributed by atoms with Crippen LogP contribution in [0.1, 0.15) is 43.4 Å². The van der Waals surface area contributed by atoms with Gasteiger partial charge in [0.2, 0.25) is 0 Å². The molecule has 0 radical (unpaired) electrons. The van der Waals surface area contributed by atoms with Crippen molar-refractivity contribution in [3.63, 3.8) is 0 Å². The number of likely N-dealkylation sites (tertiary alicyclic amines) is 1. The Bertz CT molecular complexity index is 640. The summed E-state index contributed by atoms with van der Waals surface area (Å²) >= 11 is 1.72. The molecule has 2 rings (SSSR count). The molecule has 0 spiro atoms. The van der Waals surface area contributed by atoms with Crippen LogP contribution in [0.2, 0.25) is 18.1 Å². The molecule has 1 aromatic heterocycles. The molecule has 3 nitrogen and oxygen atoms in total. The maximum atomic E-state index is 14.0. The van der Waals surface area contributed by atoms with Crippen LogP contribution in [0.15, 0.2) is 12.1 Å². The lowest BCUT2D eigenvalue weighted by atomic mass is 10.2. The molecule has 26 heavy (non-hydrogen) atoms. The predicted octanol–water partition coefficient (Wildman–Crippen LogP) is 5.25. The van der Waals surface area contributed by atoms with Crippen LogP contribution in [0.25, 0.3) is 0 Å². The highest BCUT2D eigenvalue weighted by atomic mass is 32.1. The first-order valence-corrected chi connectivity index (χ1v) is 12.9. The van der Waals surface area contributed by atoms with E-state index in [-0.39, 0.29) is 11.6 Å². The topological polar surface area (TPSA) is 29.5 Å². The third-order valence-corrected chi connectivity index (χ3v) is 11.1. The second-order valence-electron chi connectivity index (χ2n) is 8.75. The molecule has 7 heteroatoms. The quantitative estimate of drug-likeness (QED) is 0.582. The number of alkyl halides is 2. The second kappa shape index (κ2) is 7.68. The zero-order chi connectivity index (χ0) is 19.8. The van der Waals surface area contributed by atoms with Crippen molar-refractivity contribution in [2.45, 2.75) is 77.1 Å². The number of hydrogen-bond acceptors (Lipinski definition) is 3. The van der Waals surface area contributed by atoms with Gasteiger partial charge >= 0.3 is 5.92 Å². The van der Waals surface area contributed by atoms with Gasteiger partial charge in [-0.25, -0.2) is 0 Å². The van der Waals surface area contributed by atoms with E-state index in [0.717, 1.165) is 6.42 Å². The summed E-state index contributed by atoms with van der Waals surface area (Å²) in [6.07, 6.45) is 1.07. The molecule has 0 aromatic carbocycles. The molecule has 0 unspecified atom stereocenters. The van der Waals surface area contributed by atoms with Gasteiger partial charge in [-0.3, -0.25) is 4.79 Å². The molecular weight excluding hydrogens is 372 g/mol. The minimum atomic E-state index is -3.26.